The van der Waals surface area contributed by atoms with E-state index in [0.29, 0.717) is 0 Å². The number of rotatable bonds is 0. The number of hydrogen-bond acceptors (Lipinski definition) is 6. The summed E-state index contributed by atoms with van der Waals surface area (Å²) in [4.78, 5) is 11.3. The van der Waals surface area contributed by atoms with Crippen LogP contribution in [0.2, 0.25) is 0 Å². The largest absolute Gasteiger partial charge is 0.466 e. The van der Waals surface area contributed by atoms with Crippen LogP contribution in [0.15, 0.2) is 21.5 Å². The molecule has 0 aromatic carbocycles. The predicted molar refractivity (Wildman–Crippen MR) is 46.9 cm³/mol. The Morgan fingerprint density at radius 1 is 1.07 bits per heavy atom. The zero-order chi connectivity index (χ0) is 11.2. The van der Waals surface area contributed by atoms with Crippen molar-refractivity contribution in [1.82, 2.24) is 0 Å². The minimum atomic E-state index is -1.60. The maximum absolute atomic E-state index is 11.3. The van der Waals surface area contributed by atoms with E-state index >= 15 is 0 Å². The van der Waals surface area contributed by atoms with Crippen molar-refractivity contribution in [2.75, 3.05) is 0 Å². The molecule has 0 saturated carbocycles. The first-order chi connectivity index (χ1) is 7.04. The van der Waals surface area contributed by atoms with Gasteiger partial charge in [0.05, 0.1) is 11.8 Å². The summed E-state index contributed by atoms with van der Waals surface area (Å²) in [5.41, 5.74) is -0.753. The maximum Gasteiger partial charge on any atom is 0.191 e. The summed E-state index contributed by atoms with van der Waals surface area (Å²) < 4.78 is 4.85. The minimum absolute atomic E-state index is 0.201. The van der Waals surface area contributed by atoms with Crippen LogP contribution in [-0.2, 0) is 0 Å². The SMILES string of the molecule is O=c1ccoc2c1[C@H](O)[C@@H](O)[C@H](O)[C@H]2O. The molecule has 1 heterocycles. The van der Waals surface area contributed by atoms with Crippen molar-refractivity contribution in [2.45, 2.75) is 24.4 Å². The number of aliphatic hydroxyl groups excluding tert-OH is 4. The van der Waals surface area contributed by atoms with Crippen LogP contribution in [0.25, 0.3) is 0 Å². The summed E-state index contributed by atoms with van der Waals surface area (Å²) in [5, 5.41) is 37.7. The molecule has 2 rings (SSSR count). The summed E-state index contributed by atoms with van der Waals surface area (Å²) in [7, 11) is 0. The molecule has 0 spiro atoms. The molecular weight excluding hydrogens is 204 g/mol. The highest BCUT2D eigenvalue weighted by molar-refractivity contribution is 5.27. The molecular formula is C9H10O6. The van der Waals surface area contributed by atoms with Crippen LogP contribution in [0.4, 0.5) is 0 Å². The highest BCUT2D eigenvalue weighted by atomic mass is 16.4. The Bertz CT molecular complexity index is 425. The van der Waals surface area contributed by atoms with Gasteiger partial charge < -0.3 is 24.8 Å². The molecule has 0 bridgehead atoms. The Labute approximate surface area is 84.0 Å². The second kappa shape index (κ2) is 3.42. The second-order valence-electron chi connectivity index (χ2n) is 3.43. The molecule has 0 unspecified atom stereocenters. The van der Waals surface area contributed by atoms with E-state index in [-0.39, 0.29) is 11.3 Å². The van der Waals surface area contributed by atoms with E-state index in [4.69, 9.17) is 4.42 Å². The molecule has 1 aromatic heterocycles. The van der Waals surface area contributed by atoms with Gasteiger partial charge in [-0.1, -0.05) is 0 Å². The molecule has 0 amide bonds. The second-order valence-corrected chi connectivity index (χ2v) is 3.43. The normalized spacial score (nSPS) is 34.9. The van der Waals surface area contributed by atoms with Crippen molar-refractivity contribution >= 4 is 0 Å². The van der Waals surface area contributed by atoms with Crippen molar-refractivity contribution in [3.8, 4) is 0 Å². The lowest BCUT2D eigenvalue weighted by atomic mass is 9.87. The maximum atomic E-state index is 11.3. The number of aliphatic hydroxyl groups is 4. The van der Waals surface area contributed by atoms with Crippen LogP contribution in [0, 0.1) is 0 Å². The van der Waals surface area contributed by atoms with Crippen LogP contribution < -0.4 is 5.43 Å². The van der Waals surface area contributed by atoms with Crippen LogP contribution >= 0.6 is 0 Å². The lowest BCUT2D eigenvalue weighted by molar-refractivity contribution is -0.128. The fraction of sp³-hybridized carbons (Fsp3) is 0.444. The van der Waals surface area contributed by atoms with Gasteiger partial charge in [0.1, 0.15) is 30.2 Å². The molecule has 4 N–H and O–H groups in total. The molecule has 4 atom stereocenters. The van der Waals surface area contributed by atoms with Gasteiger partial charge >= 0.3 is 0 Å². The van der Waals surface area contributed by atoms with Gasteiger partial charge in [-0.05, 0) is 0 Å². The van der Waals surface area contributed by atoms with E-state index in [1.54, 1.807) is 0 Å². The first-order valence-corrected chi connectivity index (χ1v) is 4.38. The van der Waals surface area contributed by atoms with Crippen molar-refractivity contribution < 1.29 is 24.8 Å². The summed E-state index contributed by atoms with van der Waals surface area (Å²) >= 11 is 0. The van der Waals surface area contributed by atoms with Crippen LogP contribution in [0.5, 0.6) is 0 Å². The summed E-state index contributed by atoms with van der Waals surface area (Å²) in [6.07, 6.45) is -5.17. The Hall–Kier alpha value is -1.21. The summed E-state index contributed by atoms with van der Waals surface area (Å²) in [6, 6.07) is 1.07. The summed E-state index contributed by atoms with van der Waals surface area (Å²) in [6.45, 7) is 0. The van der Waals surface area contributed by atoms with E-state index in [2.05, 4.69) is 0 Å². The Kier molecular flexibility index (Phi) is 2.35. The standard InChI is InChI=1S/C9H10O6/c10-3-1-2-15-9-4(3)5(11)6(12)7(13)8(9)14/h1-2,5-8,11-14H/t5-,6+,7-,8+/m0/s1. The van der Waals surface area contributed by atoms with Gasteiger partial charge in [-0.25, -0.2) is 0 Å². The summed E-state index contributed by atoms with van der Waals surface area (Å²) in [5.74, 6) is -0.201. The molecule has 15 heavy (non-hydrogen) atoms. The third-order valence-corrected chi connectivity index (χ3v) is 2.51. The van der Waals surface area contributed by atoms with Crippen molar-refractivity contribution in [3.63, 3.8) is 0 Å². The van der Waals surface area contributed by atoms with Crippen molar-refractivity contribution in [3.05, 3.63) is 33.9 Å². The van der Waals surface area contributed by atoms with Gasteiger partial charge in [-0.15, -0.1) is 0 Å². The third-order valence-electron chi connectivity index (χ3n) is 2.51. The quantitative estimate of drug-likeness (QED) is 0.415. The molecule has 0 fully saturated rings. The number of fused-ring (bicyclic) bond motifs is 1. The molecule has 0 saturated heterocycles. The van der Waals surface area contributed by atoms with Crippen LogP contribution in [0.1, 0.15) is 23.5 Å². The minimum Gasteiger partial charge on any atom is -0.466 e. The van der Waals surface area contributed by atoms with Gasteiger partial charge in [-0.2, -0.15) is 0 Å². The smallest absolute Gasteiger partial charge is 0.191 e. The lowest BCUT2D eigenvalue weighted by Crippen LogP contribution is -2.43. The topological polar surface area (TPSA) is 111 Å². The van der Waals surface area contributed by atoms with Gasteiger partial charge in [0, 0.05) is 6.07 Å². The highest BCUT2D eigenvalue weighted by Crippen LogP contribution is 2.34. The third kappa shape index (κ3) is 1.38. The Morgan fingerprint density at radius 3 is 2.33 bits per heavy atom. The van der Waals surface area contributed by atoms with Gasteiger partial charge in [0.2, 0.25) is 0 Å². The molecule has 1 aliphatic carbocycles. The zero-order valence-corrected chi connectivity index (χ0v) is 7.57. The van der Waals surface area contributed by atoms with E-state index in [1.165, 1.54) is 0 Å². The first kappa shape index (κ1) is 10.3. The molecule has 0 radical (unpaired) electrons. The molecule has 1 aromatic rings. The predicted octanol–water partition coefficient (Wildman–Crippen LogP) is -1.56. The lowest BCUT2D eigenvalue weighted by Gasteiger charge is -2.32. The van der Waals surface area contributed by atoms with Crippen molar-refractivity contribution in [1.29, 1.82) is 0 Å². The zero-order valence-electron chi connectivity index (χ0n) is 7.57. The average molecular weight is 214 g/mol. The molecule has 6 heteroatoms. The monoisotopic (exact) mass is 214 g/mol. The average Bonchev–Trinajstić information content (AvgIpc) is 2.23. The van der Waals surface area contributed by atoms with E-state index in [0.717, 1.165) is 12.3 Å². The van der Waals surface area contributed by atoms with Crippen molar-refractivity contribution in [2.24, 2.45) is 0 Å². The van der Waals surface area contributed by atoms with E-state index in [9.17, 15) is 25.2 Å². The fourth-order valence-electron chi connectivity index (χ4n) is 1.66. The van der Waals surface area contributed by atoms with Gasteiger partial charge in [0.15, 0.2) is 5.43 Å². The Morgan fingerprint density at radius 2 is 1.67 bits per heavy atom. The van der Waals surface area contributed by atoms with Gasteiger partial charge in [0.25, 0.3) is 0 Å². The number of hydrogen-bond donors (Lipinski definition) is 4. The molecule has 82 valence electrons. The fourth-order valence-corrected chi connectivity index (χ4v) is 1.66. The molecule has 1 aliphatic rings. The molecule has 6 nitrogen and oxygen atoms in total. The highest BCUT2D eigenvalue weighted by Gasteiger charge is 2.42. The van der Waals surface area contributed by atoms with Crippen LogP contribution in [0.3, 0.4) is 0 Å². The first-order valence-electron chi connectivity index (χ1n) is 4.38. The Balaban J connectivity index is 2.64. The van der Waals surface area contributed by atoms with Gasteiger partial charge in [-0.3, -0.25) is 4.79 Å². The van der Waals surface area contributed by atoms with E-state index < -0.39 is 29.8 Å². The molecule has 0 aliphatic heterocycles. The van der Waals surface area contributed by atoms with Crippen LogP contribution in [-0.4, -0.2) is 32.6 Å². The van der Waals surface area contributed by atoms with E-state index in [1.807, 2.05) is 0 Å².